The van der Waals surface area contributed by atoms with Crippen molar-refractivity contribution in [1.29, 1.82) is 0 Å². The highest BCUT2D eigenvalue weighted by molar-refractivity contribution is 7.99. The van der Waals surface area contributed by atoms with Gasteiger partial charge in [-0.3, -0.25) is 4.79 Å². The van der Waals surface area contributed by atoms with E-state index in [0.717, 1.165) is 46.0 Å². The number of aryl methyl sites for hydroxylation is 2. The molecule has 0 atom stereocenters. The Labute approximate surface area is 150 Å². The van der Waals surface area contributed by atoms with Crippen molar-refractivity contribution >= 4 is 23.2 Å². The van der Waals surface area contributed by atoms with Gasteiger partial charge in [0.2, 0.25) is 5.91 Å². The Bertz CT molecular complexity index is 931. The first-order valence-electron chi connectivity index (χ1n) is 8.46. The van der Waals surface area contributed by atoms with Crippen molar-refractivity contribution in [2.45, 2.75) is 37.9 Å². The van der Waals surface area contributed by atoms with Crippen LogP contribution in [-0.2, 0) is 4.79 Å². The number of imidazole rings is 1. The van der Waals surface area contributed by atoms with Crippen molar-refractivity contribution < 1.29 is 4.79 Å². The maximum atomic E-state index is 12.0. The zero-order valence-electron chi connectivity index (χ0n) is 14.3. The molecule has 1 N–H and O–H groups in total. The van der Waals surface area contributed by atoms with Gasteiger partial charge in [-0.15, -0.1) is 0 Å². The minimum atomic E-state index is 0.0647. The number of aromatic nitrogens is 3. The second kappa shape index (κ2) is 6.52. The Hall–Kier alpha value is -2.34. The SMILES string of the molecule is Cc1cc(C)c2c(-c3ccccc3)nc(SCC(=O)NC3CC3)n2n1. The molecule has 1 aromatic carbocycles. The fourth-order valence-corrected chi connectivity index (χ4v) is 3.68. The molecule has 0 aliphatic heterocycles. The van der Waals surface area contributed by atoms with Crippen LogP contribution in [-0.4, -0.2) is 32.3 Å². The van der Waals surface area contributed by atoms with E-state index in [2.05, 4.69) is 35.5 Å². The van der Waals surface area contributed by atoms with Gasteiger partial charge in [-0.2, -0.15) is 5.10 Å². The first kappa shape index (κ1) is 16.1. The number of hydrogen-bond donors (Lipinski definition) is 1. The lowest BCUT2D eigenvalue weighted by atomic mass is 10.1. The molecule has 0 bridgehead atoms. The van der Waals surface area contributed by atoms with E-state index in [1.807, 2.05) is 29.6 Å². The Morgan fingerprint density at radius 2 is 2.04 bits per heavy atom. The van der Waals surface area contributed by atoms with Crippen LogP contribution in [0.1, 0.15) is 24.1 Å². The summed E-state index contributed by atoms with van der Waals surface area (Å²) in [6.45, 7) is 4.05. The summed E-state index contributed by atoms with van der Waals surface area (Å²) >= 11 is 1.44. The van der Waals surface area contributed by atoms with Gasteiger partial charge in [-0.25, -0.2) is 9.50 Å². The molecule has 6 heteroatoms. The third-order valence-corrected chi connectivity index (χ3v) is 5.13. The normalized spacial score (nSPS) is 14.0. The number of carbonyl (C=O) groups is 1. The van der Waals surface area contributed by atoms with Gasteiger partial charge >= 0.3 is 0 Å². The summed E-state index contributed by atoms with van der Waals surface area (Å²) < 4.78 is 1.88. The first-order valence-corrected chi connectivity index (χ1v) is 9.45. The second-order valence-electron chi connectivity index (χ2n) is 6.47. The topological polar surface area (TPSA) is 59.3 Å². The van der Waals surface area contributed by atoms with Crippen LogP contribution in [0.2, 0.25) is 0 Å². The van der Waals surface area contributed by atoms with E-state index >= 15 is 0 Å². The smallest absolute Gasteiger partial charge is 0.230 e. The van der Waals surface area contributed by atoms with E-state index in [4.69, 9.17) is 4.98 Å². The van der Waals surface area contributed by atoms with E-state index < -0.39 is 0 Å². The van der Waals surface area contributed by atoms with Crippen LogP contribution in [0.4, 0.5) is 0 Å². The number of hydrogen-bond acceptors (Lipinski definition) is 4. The molecular formula is C19H20N4OS. The highest BCUT2D eigenvalue weighted by Crippen LogP contribution is 2.30. The lowest BCUT2D eigenvalue weighted by molar-refractivity contribution is -0.118. The molecule has 1 saturated carbocycles. The molecule has 1 aliphatic carbocycles. The largest absolute Gasteiger partial charge is 0.353 e. The Morgan fingerprint density at radius 1 is 1.28 bits per heavy atom. The number of benzene rings is 1. The maximum absolute atomic E-state index is 12.0. The summed E-state index contributed by atoms with van der Waals surface area (Å²) in [6.07, 6.45) is 2.20. The summed E-state index contributed by atoms with van der Waals surface area (Å²) in [5.41, 5.74) is 5.04. The predicted molar refractivity (Wildman–Crippen MR) is 99.8 cm³/mol. The summed E-state index contributed by atoms with van der Waals surface area (Å²) in [5.74, 6) is 0.424. The van der Waals surface area contributed by atoms with Gasteiger partial charge in [-0.1, -0.05) is 42.1 Å². The molecule has 2 aromatic heterocycles. The van der Waals surface area contributed by atoms with Gasteiger partial charge in [0.15, 0.2) is 5.16 Å². The molecule has 4 rings (SSSR count). The monoisotopic (exact) mass is 352 g/mol. The van der Waals surface area contributed by atoms with Crippen molar-refractivity contribution in [2.75, 3.05) is 5.75 Å². The van der Waals surface area contributed by atoms with Gasteiger partial charge in [-0.05, 0) is 38.3 Å². The number of thioether (sulfide) groups is 1. The third kappa shape index (κ3) is 3.39. The van der Waals surface area contributed by atoms with Crippen molar-refractivity contribution in [3.63, 3.8) is 0 Å². The molecule has 0 spiro atoms. The van der Waals surface area contributed by atoms with Crippen LogP contribution in [0.15, 0.2) is 41.6 Å². The molecule has 5 nitrogen and oxygen atoms in total. The molecule has 0 saturated heterocycles. The molecule has 2 heterocycles. The molecule has 1 aliphatic rings. The first-order chi connectivity index (χ1) is 12.1. The number of fused-ring (bicyclic) bond motifs is 1. The minimum Gasteiger partial charge on any atom is -0.353 e. The van der Waals surface area contributed by atoms with Crippen LogP contribution in [0.5, 0.6) is 0 Å². The number of nitrogens with one attached hydrogen (secondary N) is 1. The van der Waals surface area contributed by atoms with Gasteiger partial charge in [0, 0.05) is 11.6 Å². The van der Waals surface area contributed by atoms with E-state index in [0.29, 0.717) is 11.8 Å². The van der Waals surface area contributed by atoms with Crippen molar-refractivity contribution in [1.82, 2.24) is 19.9 Å². The highest BCUT2D eigenvalue weighted by atomic mass is 32.2. The second-order valence-corrected chi connectivity index (χ2v) is 7.41. The average Bonchev–Trinajstić information content (AvgIpc) is 3.32. The quantitative estimate of drug-likeness (QED) is 0.715. The van der Waals surface area contributed by atoms with Crippen LogP contribution < -0.4 is 5.32 Å². The van der Waals surface area contributed by atoms with E-state index in [1.54, 1.807) is 0 Å². The van der Waals surface area contributed by atoms with Crippen LogP contribution in [0, 0.1) is 13.8 Å². The van der Waals surface area contributed by atoms with Crippen LogP contribution >= 0.6 is 11.8 Å². The average molecular weight is 352 g/mol. The maximum Gasteiger partial charge on any atom is 0.230 e. The molecule has 1 amide bonds. The number of carbonyl (C=O) groups excluding carboxylic acids is 1. The molecule has 25 heavy (non-hydrogen) atoms. The molecule has 128 valence electrons. The fraction of sp³-hybridized carbons (Fsp3) is 0.316. The van der Waals surface area contributed by atoms with E-state index in [9.17, 15) is 4.79 Å². The lowest BCUT2D eigenvalue weighted by Gasteiger charge is -2.05. The summed E-state index contributed by atoms with van der Waals surface area (Å²) in [6, 6.07) is 12.6. The summed E-state index contributed by atoms with van der Waals surface area (Å²) in [7, 11) is 0. The lowest BCUT2D eigenvalue weighted by Crippen LogP contribution is -2.27. The third-order valence-electron chi connectivity index (χ3n) is 4.20. The van der Waals surface area contributed by atoms with E-state index in [1.165, 1.54) is 11.8 Å². The highest BCUT2D eigenvalue weighted by Gasteiger charge is 2.24. The number of nitrogens with zero attached hydrogens (tertiary/aromatic N) is 3. The van der Waals surface area contributed by atoms with Gasteiger partial charge < -0.3 is 5.32 Å². The van der Waals surface area contributed by atoms with Crippen molar-refractivity contribution in [2.24, 2.45) is 0 Å². The Kier molecular flexibility index (Phi) is 4.21. The predicted octanol–water partition coefficient (Wildman–Crippen LogP) is 3.38. The molecule has 1 fully saturated rings. The van der Waals surface area contributed by atoms with Crippen LogP contribution in [0.25, 0.3) is 16.8 Å². The molecule has 3 aromatic rings. The van der Waals surface area contributed by atoms with Crippen molar-refractivity contribution in [3.8, 4) is 11.3 Å². The van der Waals surface area contributed by atoms with E-state index in [-0.39, 0.29) is 5.91 Å². The zero-order chi connectivity index (χ0) is 17.4. The van der Waals surface area contributed by atoms with Crippen molar-refractivity contribution in [3.05, 3.63) is 47.7 Å². The summed E-state index contributed by atoms with van der Waals surface area (Å²) in [4.78, 5) is 16.8. The standard InChI is InChI=1S/C19H20N4OS/c1-12-10-13(2)22-23-18(12)17(14-6-4-3-5-7-14)21-19(23)25-11-16(24)20-15-8-9-15/h3-7,10,15H,8-9,11H2,1-2H3,(H,20,24). The number of rotatable bonds is 5. The number of amides is 1. The molecular weight excluding hydrogens is 332 g/mol. The molecule has 0 radical (unpaired) electrons. The zero-order valence-corrected chi connectivity index (χ0v) is 15.1. The van der Waals surface area contributed by atoms with Crippen LogP contribution in [0.3, 0.4) is 0 Å². The Morgan fingerprint density at radius 3 is 2.76 bits per heavy atom. The fourth-order valence-electron chi connectivity index (χ4n) is 2.92. The van der Waals surface area contributed by atoms with Gasteiger partial charge in [0.25, 0.3) is 0 Å². The van der Waals surface area contributed by atoms with Gasteiger partial charge in [0.05, 0.1) is 22.7 Å². The minimum absolute atomic E-state index is 0.0647. The summed E-state index contributed by atoms with van der Waals surface area (Å²) in [5, 5.41) is 8.41. The van der Waals surface area contributed by atoms with Gasteiger partial charge in [0.1, 0.15) is 0 Å². The molecule has 0 unspecified atom stereocenters. The Balaban J connectivity index is 1.72.